The molecular formula is C22H22N4O4. The number of likely N-dealkylation sites (tertiary alicyclic amines) is 1. The summed E-state index contributed by atoms with van der Waals surface area (Å²) in [5, 5.41) is 8.06. The second-order valence-electron chi connectivity index (χ2n) is 7.89. The van der Waals surface area contributed by atoms with Crippen LogP contribution in [0.4, 0.5) is 0 Å². The predicted octanol–water partition coefficient (Wildman–Crippen LogP) is 2.96. The first-order chi connectivity index (χ1) is 14.6. The third-order valence-electron chi connectivity index (χ3n) is 5.92. The molecule has 0 bridgehead atoms. The van der Waals surface area contributed by atoms with Gasteiger partial charge in [-0.3, -0.25) is 14.3 Å². The van der Waals surface area contributed by atoms with Crippen LogP contribution in [0.2, 0.25) is 0 Å². The standard InChI is InChI=1S/C22H22N4O4/c1-25-13-15(12-23-25)21-10-17(24-30-21)22(28)26-8-6-14(7-9-26)20-11-18(27)16-4-2-3-5-19(16)29-20/h2-5,10,12-14,20H,6-9,11H2,1H3. The van der Waals surface area contributed by atoms with Crippen molar-refractivity contribution in [3.8, 4) is 17.1 Å². The first-order valence-electron chi connectivity index (χ1n) is 10.1. The first kappa shape index (κ1) is 18.6. The van der Waals surface area contributed by atoms with E-state index in [0.29, 0.717) is 42.3 Å². The summed E-state index contributed by atoms with van der Waals surface area (Å²) in [6, 6.07) is 9.06. The van der Waals surface area contributed by atoms with Crippen molar-refractivity contribution in [3.63, 3.8) is 0 Å². The highest BCUT2D eigenvalue weighted by molar-refractivity contribution is 5.99. The molecule has 2 aromatic heterocycles. The number of hydrogen-bond acceptors (Lipinski definition) is 6. The number of ketones is 1. The zero-order valence-corrected chi connectivity index (χ0v) is 16.7. The second kappa shape index (κ2) is 7.44. The maximum Gasteiger partial charge on any atom is 0.276 e. The number of carbonyl (C=O) groups is 2. The Kier molecular flexibility index (Phi) is 4.61. The second-order valence-corrected chi connectivity index (χ2v) is 7.89. The summed E-state index contributed by atoms with van der Waals surface area (Å²) in [6.45, 7) is 1.21. The summed E-state index contributed by atoms with van der Waals surface area (Å²) >= 11 is 0. The lowest BCUT2D eigenvalue weighted by Gasteiger charge is -2.37. The molecule has 1 saturated heterocycles. The summed E-state index contributed by atoms with van der Waals surface area (Å²) in [6.07, 6.45) is 5.33. The summed E-state index contributed by atoms with van der Waals surface area (Å²) in [5.74, 6) is 1.43. The van der Waals surface area contributed by atoms with Crippen molar-refractivity contribution in [2.45, 2.75) is 25.4 Å². The molecule has 0 aliphatic carbocycles. The zero-order chi connectivity index (χ0) is 20.7. The van der Waals surface area contributed by atoms with Gasteiger partial charge >= 0.3 is 0 Å². The van der Waals surface area contributed by atoms with Crippen LogP contribution >= 0.6 is 0 Å². The van der Waals surface area contributed by atoms with Gasteiger partial charge in [0.15, 0.2) is 17.2 Å². The molecule has 4 heterocycles. The number of amides is 1. The molecule has 0 radical (unpaired) electrons. The minimum Gasteiger partial charge on any atom is -0.489 e. The van der Waals surface area contributed by atoms with Crippen molar-refractivity contribution >= 4 is 11.7 Å². The van der Waals surface area contributed by atoms with Gasteiger partial charge in [0.1, 0.15) is 11.9 Å². The van der Waals surface area contributed by atoms with Gasteiger partial charge in [0, 0.05) is 38.8 Å². The van der Waals surface area contributed by atoms with Gasteiger partial charge in [0.05, 0.1) is 17.3 Å². The van der Waals surface area contributed by atoms with Crippen LogP contribution in [-0.2, 0) is 7.05 Å². The predicted molar refractivity (Wildman–Crippen MR) is 107 cm³/mol. The number of ether oxygens (including phenoxy) is 1. The summed E-state index contributed by atoms with van der Waals surface area (Å²) < 4.78 is 13.1. The molecule has 2 aliphatic rings. The van der Waals surface area contributed by atoms with Gasteiger partial charge in [0.25, 0.3) is 5.91 Å². The Balaban J connectivity index is 1.22. The van der Waals surface area contributed by atoms with Gasteiger partial charge in [-0.2, -0.15) is 5.10 Å². The number of carbonyl (C=O) groups excluding carboxylic acids is 2. The molecule has 8 nitrogen and oxygen atoms in total. The molecule has 3 aromatic rings. The van der Waals surface area contributed by atoms with Crippen LogP contribution in [0.25, 0.3) is 11.3 Å². The lowest BCUT2D eigenvalue weighted by atomic mass is 9.86. The first-order valence-corrected chi connectivity index (χ1v) is 10.1. The van der Waals surface area contributed by atoms with Crippen LogP contribution in [0.1, 0.15) is 40.1 Å². The molecule has 1 fully saturated rings. The maximum absolute atomic E-state index is 12.8. The molecule has 1 aromatic carbocycles. The normalized spacial score (nSPS) is 19.4. The fraction of sp³-hybridized carbons (Fsp3) is 0.364. The van der Waals surface area contributed by atoms with E-state index < -0.39 is 0 Å². The van der Waals surface area contributed by atoms with E-state index in [2.05, 4.69) is 10.3 Å². The largest absolute Gasteiger partial charge is 0.489 e. The van der Waals surface area contributed by atoms with Gasteiger partial charge in [-0.25, -0.2) is 0 Å². The molecule has 5 rings (SSSR count). The van der Waals surface area contributed by atoms with Crippen LogP contribution in [-0.4, -0.2) is 50.7 Å². The third-order valence-corrected chi connectivity index (χ3v) is 5.92. The summed E-state index contributed by atoms with van der Waals surface area (Å²) in [4.78, 5) is 27.1. The van der Waals surface area contributed by atoms with Gasteiger partial charge in [-0.15, -0.1) is 0 Å². The number of benzene rings is 1. The van der Waals surface area contributed by atoms with E-state index in [0.717, 1.165) is 18.4 Å². The van der Waals surface area contributed by atoms with E-state index in [1.54, 1.807) is 21.8 Å². The van der Waals surface area contributed by atoms with E-state index in [1.807, 2.05) is 37.5 Å². The maximum atomic E-state index is 12.8. The van der Waals surface area contributed by atoms with E-state index in [4.69, 9.17) is 9.26 Å². The molecule has 0 spiro atoms. The van der Waals surface area contributed by atoms with Crippen LogP contribution < -0.4 is 4.74 Å². The van der Waals surface area contributed by atoms with E-state index >= 15 is 0 Å². The molecule has 1 amide bonds. The Morgan fingerprint density at radius 2 is 2.00 bits per heavy atom. The Labute approximate surface area is 173 Å². The summed E-state index contributed by atoms with van der Waals surface area (Å²) in [5.41, 5.74) is 1.74. The number of rotatable bonds is 3. The monoisotopic (exact) mass is 406 g/mol. The van der Waals surface area contributed by atoms with Crippen molar-refractivity contribution in [1.29, 1.82) is 0 Å². The lowest BCUT2D eigenvalue weighted by molar-refractivity contribution is 0.0447. The van der Waals surface area contributed by atoms with E-state index in [9.17, 15) is 9.59 Å². The molecule has 0 saturated carbocycles. The number of nitrogens with zero attached hydrogens (tertiary/aromatic N) is 4. The average molecular weight is 406 g/mol. The highest BCUT2D eigenvalue weighted by Crippen LogP contribution is 2.34. The molecule has 2 aliphatic heterocycles. The Morgan fingerprint density at radius 1 is 1.20 bits per heavy atom. The quantitative estimate of drug-likeness (QED) is 0.664. The SMILES string of the molecule is Cn1cc(-c2cc(C(=O)N3CCC(C4CC(=O)c5ccccc5O4)CC3)no2)cn1. The molecule has 8 heteroatoms. The molecule has 1 atom stereocenters. The van der Waals surface area contributed by atoms with Crippen LogP contribution in [0, 0.1) is 5.92 Å². The van der Waals surface area contributed by atoms with Gasteiger partial charge in [-0.05, 0) is 30.9 Å². The molecule has 30 heavy (non-hydrogen) atoms. The van der Waals surface area contributed by atoms with Crippen molar-refractivity contribution in [3.05, 3.63) is 54.0 Å². The van der Waals surface area contributed by atoms with Crippen LogP contribution in [0.3, 0.4) is 0 Å². The Morgan fingerprint density at radius 3 is 2.77 bits per heavy atom. The zero-order valence-electron chi connectivity index (χ0n) is 16.7. The van der Waals surface area contributed by atoms with Crippen molar-refractivity contribution in [2.24, 2.45) is 13.0 Å². The fourth-order valence-electron chi connectivity index (χ4n) is 4.26. The summed E-state index contributed by atoms with van der Waals surface area (Å²) in [7, 11) is 1.82. The minimum atomic E-state index is -0.140. The third kappa shape index (κ3) is 3.38. The number of Topliss-reactive ketones (excluding diaryl/α,β-unsaturated/α-hetero) is 1. The molecule has 1 unspecified atom stereocenters. The number of para-hydroxylation sites is 1. The molecule has 0 N–H and O–H groups in total. The average Bonchev–Trinajstić information content (AvgIpc) is 3.42. The van der Waals surface area contributed by atoms with Gasteiger partial charge < -0.3 is 14.2 Å². The molecular weight excluding hydrogens is 384 g/mol. The van der Waals surface area contributed by atoms with E-state index in [-0.39, 0.29) is 23.7 Å². The number of aromatic nitrogens is 3. The van der Waals surface area contributed by atoms with Crippen molar-refractivity contribution in [2.75, 3.05) is 13.1 Å². The Bertz CT molecular complexity index is 1090. The molecule has 154 valence electrons. The van der Waals surface area contributed by atoms with Crippen LogP contribution in [0.5, 0.6) is 5.75 Å². The number of hydrogen-bond donors (Lipinski definition) is 0. The fourth-order valence-corrected chi connectivity index (χ4v) is 4.26. The highest BCUT2D eigenvalue weighted by Gasteiger charge is 2.35. The lowest BCUT2D eigenvalue weighted by Crippen LogP contribution is -2.44. The smallest absolute Gasteiger partial charge is 0.276 e. The highest BCUT2D eigenvalue weighted by atomic mass is 16.5. The van der Waals surface area contributed by atoms with Crippen molar-refractivity contribution < 1.29 is 18.8 Å². The Hall–Kier alpha value is -3.42. The number of piperidine rings is 1. The number of fused-ring (bicyclic) bond motifs is 1. The minimum absolute atomic E-state index is 0.130. The van der Waals surface area contributed by atoms with Gasteiger partial charge in [-0.1, -0.05) is 17.3 Å². The van der Waals surface area contributed by atoms with Crippen LogP contribution in [0.15, 0.2) is 47.2 Å². The number of aryl methyl sites for hydroxylation is 1. The van der Waals surface area contributed by atoms with E-state index in [1.165, 1.54) is 0 Å². The van der Waals surface area contributed by atoms with Gasteiger partial charge in [0.2, 0.25) is 0 Å². The topological polar surface area (TPSA) is 90.5 Å². The van der Waals surface area contributed by atoms with Crippen molar-refractivity contribution in [1.82, 2.24) is 19.8 Å².